The predicted molar refractivity (Wildman–Crippen MR) is 156 cm³/mol. The number of methoxy groups -OCH3 is 1. The van der Waals surface area contributed by atoms with Crippen LogP contribution in [0.3, 0.4) is 0 Å². The highest BCUT2D eigenvalue weighted by atomic mass is 35.5. The predicted octanol–water partition coefficient (Wildman–Crippen LogP) is 2.38. The van der Waals surface area contributed by atoms with Gasteiger partial charge in [-0.1, -0.05) is 16.8 Å². The molecule has 14 heteroatoms. The molecule has 1 heterocycles. The fraction of sp³-hybridized carbons (Fsp3) is 0.267. The molecule has 0 saturated heterocycles. The first-order chi connectivity index (χ1) is 20.9. The summed E-state index contributed by atoms with van der Waals surface area (Å²) in [5.74, 6) is -6.99. The second kappa shape index (κ2) is 10.0. The van der Waals surface area contributed by atoms with Gasteiger partial charge in [-0.2, -0.15) is 0 Å². The molecule has 6 rings (SSSR count). The lowest BCUT2D eigenvalue weighted by Gasteiger charge is -2.23. The molecular weight excluding hydrogens is 598 g/mol. The van der Waals surface area contributed by atoms with Gasteiger partial charge in [0, 0.05) is 23.6 Å². The third-order valence-electron chi connectivity index (χ3n) is 8.26. The van der Waals surface area contributed by atoms with Gasteiger partial charge in [-0.15, -0.1) is 0 Å². The van der Waals surface area contributed by atoms with Gasteiger partial charge in [0.15, 0.2) is 23.1 Å². The van der Waals surface area contributed by atoms with E-state index in [1.54, 1.807) is 0 Å². The number of phenolic OH excluding ortho intramolecular Hbond substituents is 3. The number of rotatable bonds is 6. The Morgan fingerprint density at radius 3 is 2.32 bits per heavy atom. The fourth-order valence-electron chi connectivity index (χ4n) is 6.24. The number of likely N-dealkylation sites (N-methyl/N-ethyl adjacent to an activating group) is 1. The number of carbonyl (C=O) groups is 4. The van der Waals surface area contributed by atoms with Crippen LogP contribution in [0.4, 0.5) is 0 Å². The Labute approximate surface area is 252 Å². The maximum absolute atomic E-state index is 14.1. The van der Waals surface area contributed by atoms with Crippen molar-refractivity contribution in [2.75, 3.05) is 34.4 Å². The molecule has 3 aromatic rings. The highest BCUT2D eigenvalue weighted by Crippen LogP contribution is 2.58. The number of pyridine rings is 1. The number of hydrogen-bond acceptors (Lipinski definition) is 12. The Morgan fingerprint density at radius 1 is 1.02 bits per heavy atom. The minimum absolute atomic E-state index is 0.00147. The molecule has 0 saturated carbocycles. The number of Topliss-reactive ketones (excluding diaryl/α,β-unsaturated/α-hetero) is 3. The van der Waals surface area contributed by atoms with E-state index in [0.717, 1.165) is 13.2 Å². The average Bonchev–Trinajstić information content (AvgIpc) is 3.48. The highest BCUT2D eigenvalue weighted by Gasteiger charge is 2.62. The summed E-state index contributed by atoms with van der Waals surface area (Å²) in [6.07, 6.45) is 1.83. The summed E-state index contributed by atoms with van der Waals surface area (Å²) in [6, 6.07) is 1.46. The molecule has 1 aromatic heterocycles. The lowest BCUT2D eigenvalue weighted by atomic mass is 9.76. The van der Waals surface area contributed by atoms with Crippen LogP contribution in [-0.2, 0) is 21.4 Å². The second-order valence-electron chi connectivity index (χ2n) is 10.9. The van der Waals surface area contributed by atoms with Crippen LogP contribution >= 0.6 is 11.6 Å². The van der Waals surface area contributed by atoms with Crippen LogP contribution in [0.5, 0.6) is 17.2 Å². The molecular formula is C30H24ClN3O10. The van der Waals surface area contributed by atoms with Crippen molar-refractivity contribution >= 4 is 51.7 Å². The van der Waals surface area contributed by atoms with Gasteiger partial charge in [-0.3, -0.25) is 24.0 Å². The van der Waals surface area contributed by atoms with Crippen LogP contribution in [0.1, 0.15) is 64.7 Å². The monoisotopic (exact) mass is 621 g/mol. The van der Waals surface area contributed by atoms with E-state index >= 15 is 0 Å². The first-order valence-corrected chi connectivity index (χ1v) is 13.7. The number of aromatic amines is 1. The molecule has 0 fully saturated rings. The number of aromatic nitrogens is 1. The number of hydrogen-bond donors (Lipinski definition) is 4. The Hall–Kier alpha value is -5.01. The molecule has 3 aliphatic carbocycles. The van der Waals surface area contributed by atoms with Gasteiger partial charge in [0.2, 0.25) is 5.78 Å². The molecule has 3 aliphatic rings. The van der Waals surface area contributed by atoms with Crippen molar-refractivity contribution < 1.29 is 44.1 Å². The molecule has 1 atom stereocenters. The first-order valence-electron chi connectivity index (χ1n) is 13.3. The van der Waals surface area contributed by atoms with E-state index in [-0.39, 0.29) is 45.5 Å². The molecule has 4 N–H and O–H groups in total. The van der Waals surface area contributed by atoms with Crippen LogP contribution in [0, 0.1) is 0 Å². The summed E-state index contributed by atoms with van der Waals surface area (Å²) in [6.45, 7) is 0.902. The summed E-state index contributed by atoms with van der Waals surface area (Å²) in [4.78, 5) is 76.9. The van der Waals surface area contributed by atoms with Gasteiger partial charge < -0.3 is 34.8 Å². The van der Waals surface area contributed by atoms with Crippen molar-refractivity contribution in [1.29, 1.82) is 0 Å². The minimum Gasteiger partial charge on any atom is -0.507 e. The summed E-state index contributed by atoms with van der Waals surface area (Å²) in [5, 5.41) is 37.4. The van der Waals surface area contributed by atoms with Crippen molar-refractivity contribution in [2.45, 2.75) is 18.3 Å². The Bertz CT molecular complexity index is 2010. The Morgan fingerprint density at radius 2 is 1.68 bits per heavy atom. The van der Waals surface area contributed by atoms with Crippen LogP contribution < -0.4 is 5.56 Å². The number of aromatic hydroxyl groups is 3. The SMILES string of the molecule is COC1=CC(=O)c2c(O)c3c(c(O)c2C1=O)C(=O)[C@]1(CCc2c1c(O)c1c(=O)[nH]c(C=NOCCN(C)C)cc1c2Cl)C3=O. The van der Waals surface area contributed by atoms with E-state index in [2.05, 4.69) is 10.1 Å². The third kappa shape index (κ3) is 3.75. The van der Waals surface area contributed by atoms with Gasteiger partial charge in [0.1, 0.15) is 29.3 Å². The summed E-state index contributed by atoms with van der Waals surface area (Å²) >= 11 is 6.75. The topological polar surface area (TPSA) is 196 Å². The number of nitrogens with zero attached hydrogens (tertiary/aromatic N) is 2. The number of halogens is 1. The average molecular weight is 622 g/mol. The number of benzene rings is 2. The number of phenols is 3. The fourth-order valence-corrected chi connectivity index (χ4v) is 6.58. The van der Waals surface area contributed by atoms with Crippen LogP contribution in [0.15, 0.2) is 27.9 Å². The van der Waals surface area contributed by atoms with E-state index in [1.165, 1.54) is 12.3 Å². The normalized spacial score (nSPS) is 18.9. The highest BCUT2D eigenvalue weighted by molar-refractivity contribution is 6.41. The van der Waals surface area contributed by atoms with Gasteiger partial charge in [0.05, 0.1) is 51.7 Å². The van der Waals surface area contributed by atoms with Gasteiger partial charge in [-0.05, 0) is 38.6 Å². The molecule has 1 spiro atoms. The third-order valence-corrected chi connectivity index (χ3v) is 8.69. The van der Waals surface area contributed by atoms with Gasteiger partial charge in [-0.25, -0.2) is 0 Å². The molecule has 226 valence electrons. The maximum Gasteiger partial charge on any atom is 0.260 e. The van der Waals surface area contributed by atoms with E-state index in [0.29, 0.717) is 13.2 Å². The van der Waals surface area contributed by atoms with E-state index in [1.807, 2.05) is 19.0 Å². The minimum atomic E-state index is -2.20. The number of carbonyl (C=O) groups excluding carboxylic acids is 4. The molecule has 2 aromatic carbocycles. The van der Waals surface area contributed by atoms with E-state index in [4.69, 9.17) is 21.2 Å². The van der Waals surface area contributed by atoms with Gasteiger partial charge in [0.25, 0.3) is 5.56 Å². The standard InChI is InChI=1S/C30H24ClN3O10/c1-34(2)6-7-44-32-10-11-8-13-16(29(42)33-11)26(39)21-12(22(13)31)4-5-30(21)27(40)19-20(28(30)41)25(38)18-17(24(19)37)14(35)9-15(43-3)23(18)36/h8-10,37-39H,4-7H2,1-3H3,(H,33,42)/t30-/m0/s1. The number of ether oxygens (including phenoxy) is 1. The zero-order chi connectivity index (χ0) is 31.8. The lowest BCUT2D eigenvalue weighted by Crippen LogP contribution is -2.36. The van der Waals surface area contributed by atoms with Crippen molar-refractivity contribution in [2.24, 2.45) is 5.16 Å². The van der Waals surface area contributed by atoms with Crippen molar-refractivity contribution in [3.8, 4) is 17.2 Å². The van der Waals surface area contributed by atoms with Crippen LogP contribution in [0.2, 0.25) is 5.02 Å². The van der Waals surface area contributed by atoms with Crippen LogP contribution in [0.25, 0.3) is 10.8 Å². The molecule has 0 bridgehead atoms. The Balaban J connectivity index is 1.51. The lowest BCUT2D eigenvalue weighted by molar-refractivity contribution is 0.0790. The molecule has 0 radical (unpaired) electrons. The quantitative estimate of drug-likeness (QED) is 0.104. The smallest absolute Gasteiger partial charge is 0.260 e. The number of allylic oxidation sites excluding steroid dienone is 2. The molecule has 13 nitrogen and oxygen atoms in total. The number of H-pyrrole nitrogens is 1. The van der Waals surface area contributed by atoms with Crippen molar-refractivity contribution in [3.63, 3.8) is 0 Å². The summed E-state index contributed by atoms with van der Waals surface area (Å²) < 4.78 is 4.91. The molecule has 0 unspecified atom stereocenters. The number of nitrogens with one attached hydrogen (secondary N) is 1. The van der Waals surface area contributed by atoms with Crippen LogP contribution in [-0.4, -0.2) is 88.9 Å². The summed E-state index contributed by atoms with van der Waals surface area (Å²) in [5.41, 5.74) is -5.50. The van der Waals surface area contributed by atoms with Crippen molar-refractivity contribution in [3.05, 3.63) is 72.4 Å². The molecule has 44 heavy (non-hydrogen) atoms. The largest absolute Gasteiger partial charge is 0.507 e. The summed E-state index contributed by atoms with van der Waals surface area (Å²) in [7, 11) is 4.86. The number of ketones is 4. The number of oxime groups is 1. The van der Waals surface area contributed by atoms with E-state index in [9.17, 15) is 39.3 Å². The van der Waals surface area contributed by atoms with E-state index < -0.39 is 79.4 Å². The molecule has 0 amide bonds. The second-order valence-corrected chi connectivity index (χ2v) is 11.3. The zero-order valence-electron chi connectivity index (χ0n) is 23.5. The molecule has 0 aliphatic heterocycles. The zero-order valence-corrected chi connectivity index (χ0v) is 24.3. The van der Waals surface area contributed by atoms with Crippen molar-refractivity contribution in [1.82, 2.24) is 9.88 Å². The van der Waals surface area contributed by atoms with Gasteiger partial charge >= 0.3 is 0 Å². The Kier molecular flexibility index (Phi) is 6.63. The number of fused-ring (bicyclic) bond motifs is 5. The first kappa shape index (κ1) is 29.1. The maximum atomic E-state index is 14.1.